The molecule has 3 amide bonds. The van der Waals surface area contributed by atoms with Crippen LogP contribution in [0.1, 0.15) is 15.9 Å². The number of nitrogens with zero attached hydrogens (tertiary/aromatic N) is 3. The molecular formula is C17H14Cl3N5O6S. The van der Waals surface area contributed by atoms with E-state index in [1.54, 1.807) is 31.2 Å². The summed E-state index contributed by atoms with van der Waals surface area (Å²) in [4.78, 5) is 45.5. The molecule has 0 aliphatic carbocycles. The predicted molar refractivity (Wildman–Crippen MR) is 122 cm³/mol. The molecule has 11 nitrogen and oxygen atoms in total. The molecule has 0 spiro atoms. The van der Waals surface area contributed by atoms with E-state index in [4.69, 9.17) is 34.8 Å². The maximum absolute atomic E-state index is 12.7. The van der Waals surface area contributed by atoms with Crippen molar-refractivity contribution in [2.75, 3.05) is 5.32 Å². The molecule has 0 aromatic heterocycles. The van der Waals surface area contributed by atoms with Crippen LogP contribution in [-0.4, -0.2) is 36.0 Å². The van der Waals surface area contributed by atoms with Crippen molar-refractivity contribution >= 4 is 76.6 Å². The molecule has 0 saturated heterocycles. The second-order valence-corrected chi connectivity index (χ2v) is 9.06. The van der Waals surface area contributed by atoms with Crippen molar-refractivity contribution in [3.63, 3.8) is 0 Å². The zero-order valence-electron chi connectivity index (χ0n) is 16.0. The first-order chi connectivity index (χ1) is 14.8. The number of nitrogens with one attached hydrogen (secondary N) is 2. The zero-order valence-corrected chi connectivity index (χ0v) is 19.2. The lowest BCUT2D eigenvalue weighted by Crippen LogP contribution is -2.54. The number of aryl methyl sites for hydroxylation is 1. The summed E-state index contributed by atoms with van der Waals surface area (Å²) in [5, 5.41) is 26.8. The first-order valence-corrected chi connectivity index (χ1v) is 10.0. The van der Waals surface area contributed by atoms with E-state index >= 15 is 0 Å². The average molecular weight is 523 g/mol. The standard InChI is InChI=1S/C17H14Cl3N5O6S/c1-9-4-2-3-5-13(9)21-16(27)23(32)15(17(18,19)20)22-14(26)10-6-11(24(28)29)8-12(7-10)25(30)31/h2-8,15,32H,1H3,(H,21,27)(H,22,26). The lowest BCUT2D eigenvalue weighted by molar-refractivity contribution is -0.394. The largest absolute Gasteiger partial charge is 0.333 e. The zero-order chi connectivity index (χ0) is 24.2. The number of urea groups is 1. The van der Waals surface area contributed by atoms with Gasteiger partial charge in [-0.3, -0.25) is 25.0 Å². The number of hydrogen-bond acceptors (Lipinski definition) is 7. The molecule has 0 bridgehead atoms. The highest BCUT2D eigenvalue weighted by atomic mass is 35.6. The summed E-state index contributed by atoms with van der Waals surface area (Å²) in [5.41, 5.74) is -0.711. The number of nitro benzene ring substituents is 2. The van der Waals surface area contributed by atoms with Crippen LogP contribution in [0.4, 0.5) is 21.9 Å². The van der Waals surface area contributed by atoms with Gasteiger partial charge in [0.25, 0.3) is 17.3 Å². The summed E-state index contributed by atoms with van der Waals surface area (Å²) in [6.45, 7) is 1.74. The first-order valence-electron chi connectivity index (χ1n) is 8.47. The Morgan fingerprint density at radius 1 is 1.06 bits per heavy atom. The van der Waals surface area contributed by atoms with Gasteiger partial charge in [0.15, 0.2) is 6.17 Å². The third-order valence-corrected chi connectivity index (χ3v) is 5.04. The summed E-state index contributed by atoms with van der Waals surface area (Å²) in [7, 11) is 0. The number of amides is 3. The van der Waals surface area contributed by atoms with Gasteiger partial charge in [0.2, 0.25) is 3.79 Å². The third-order valence-electron chi connectivity index (χ3n) is 4.00. The number of carbonyl (C=O) groups excluding carboxylic acids is 2. The van der Waals surface area contributed by atoms with Crippen molar-refractivity contribution in [3.05, 3.63) is 73.8 Å². The van der Waals surface area contributed by atoms with Gasteiger partial charge < -0.3 is 10.6 Å². The Labute approximate surface area is 201 Å². The van der Waals surface area contributed by atoms with E-state index in [-0.39, 0.29) is 0 Å². The van der Waals surface area contributed by atoms with Crippen molar-refractivity contribution in [1.29, 1.82) is 0 Å². The Kier molecular flexibility index (Phi) is 8.13. The highest BCUT2D eigenvalue weighted by Crippen LogP contribution is 2.34. The number of non-ortho nitro benzene ring substituents is 2. The first kappa shape index (κ1) is 25.5. The monoisotopic (exact) mass is 521 g/mol. The van der Waals surface area contributed by atoms with Crippen molar-refractivity contribution in [2.24, 2.45) is 0 Å². The van der Waals surface area contributed by atoms with Crippen molar-refractivity contribution in [1.82, 2.24) is 9.62 Å². The maximum Gasteiger partial charge on any atom is 0.333 e. The minimum absolute atomic E-state index is 0.431. The number of hydrogen-bond donors (Lipinski definition) is 3. The number of anilines is 1. The highest BCUT2D eigenvalue weighted by Gasteiger charge is 2.40. The molecule has 1 atom stereocenters. The van der Waals surface area contributed by atoms with Gasteiger partial charge in [-0.25, -0.2) is 9.10 Å². The Morgan fingerprint density at radius 3 is 2.06 bits per heavy atom. The second-order valence-electron chi connectivity index (χ2n) is 6.26. The topological polar surface area (TPSA) is 148 Å². The van der Waals surface area contributed by atoms with Crippen LogP contribution in [0.5, 0.6) is 0 Å². The Bertz CT molecular complexity index is 1050. The molecule has 2 aromatic rings. The van der Waals surface area contributed by atoms with Gasteiger partial charge in [-0.15, -0.1) is 0 Å². The average Bonchev–Trinajstić information content (AvgIpc) is 2.71. The van der Waals surface area contributed by atoms with Gasteiger partial charge >= 0.3 is 6.03 Å². The number of para-hydroxylation sites is 1. The quantitative estimate of drug-likeness (QED) is 0.166. The molecular weight excluding hydrogens is 509 g/mol. The van der Waals surface area contributed by atoms with Crippen LogP contribution in [0.2, 0.25) is 0 Å². The molecule has 0 aliphatic heterocycles. The normalized spacial score (nSPS) is 11.9. The molecule has 0 fully saturated rings. The number of rotatable bonds is 6. The fraction of sp³-hybridized carbons (Fsp3) is 0.176. The fourth-order valence-electron chi connectivity index (χ4n) is 2.43. The van der Waals surface area contributed by atoms with Crippen molar-refractivity contribution in [2.45, 2.75) is 16.9 Å². The molecule has 1 unspecified atom stereocenters. The molecule has 0 saturated carbocycles. The predicted octanol–water partition coefficient (Wildman–Crippen LogP) is 4.62. The van der Waals surface area contributed by atoms with Gasteiger partial charge in [0.05, 0.1) is 21.5 Å². The van der Waals surface area contributed by atoms with E-state index in [9.17, 15) is 29.8 Å². The number of alkyl halides is 3. The van der Waals surface area contributed by atoms with Crippen LogP contribution >= 0.6 is 47.6 Å². The van der Waals surface area contributed by atoms with Crippen molar-refractivity contribution in [3.8, 4) is 0 Å². The second kappa shape index (κ2) is 10.2. The van der Waals surface area contributed by atoms with E-state index in [2.05, 4.69) is 23.4 Å². The lowest BCUT2D eigenvalue weighted by atomic mass is 10.1. The summed E-state index contributed by atoms with van der Waals surface area (Å²) < 4.78 is -1.70. The SMILES string of the molecule is Cc1ccccc1NC(=O)N(S)C(NC(=O)c1cc([N+](=O)[O-])cc([N+](=O)[O-])c1)C(Cl)(Cl)Cl. The minimum Gasteiger partial charge on any atom is -0.327 e. The van der Waals surface area contributed by atoms with E-state index < -0.39 is 48.7 Å². The Hall–Kier alpha value is -2.80. The fourth-order valence-corrected chi connectivity index (χ4v) is 3.37. The summed E-state index contributed by atoms with van der Waals surface area (Å²) >= 11 is 21.7. The maximum atomic E-state index is 12.7. The third kappa shape index (κ3) is 6.36. The summed E-state index contributed by atoms with van der Waals surface area (Å²) in [5.74, 6) is -1.09. The summed E-state index contributed by atoms with van der Waals surface area (Å²) in [6.07, 6.45) is -1.68. The Balaban J connectivity index is 2.32. The molecule has 0 radical (unpaired) electrons. The molecule has 2 rings (SSSR count). The molecule has 2 aromatic carbocycles. The molecule has 0 heterocycles. The smallest absolute Gasteiger partial charge is 0.327 e. The number of halogens is 3. The van der Waals surface area contributed by atoms with Crippen LogP contribution < -0.4 is 10.6 Å². The van der Waals surface area contributed by atoms with E-state index in [1.807, 2.05) is 0 Å². The summed E-state index contributed by atoms with van der Waals surface area (Å²) in [6, 6.07) is 8.19. The lowest BCUT2D eigenvalue weighted by Gasteiger charge is -2.32. The minimum atomic E-state index is -2.30. The number of thiol groups is 1. The molecule has 0 aliphatic rings. The highest BCUT2D eigenvalue weighted by molar-refractivity contribution is 7.78. The number of nitro groups is 2. The van der Waals surface area contributed by atoms with Crippen LogP contribution in [0.15, 0.2) is 42.5 Å². The Morgan fingerprint density at radius 2 is 1.59 bits per heavy atom. The van der Waals surface area contributed by atoms with Crippen LogP contribution in [0, 0.1) is 27.2 Å². The number of carbonyl (C=O) groups is 2. The van der Waals surface area contributed by atoms with Gasteiger partial charge in [-0.1, -0.05) is 65.8 Å². The van der Waals surface area contributed by atoms with Crippen LogP contribution in [0.3, 0.4) is 0 Å². The van der Waals surface area contributed by atoms with E-state index in [0.717, 1.165) is 17.7 Å². The number of benzene rings is 2. The van der Waals surface area contributed by atoms with E-state index in [1.165, 1.54) is 0 Å². The van der Waals surface area contributed by atoms with Crippen molar-refractivity contribution < 1.29 is 19.4 Å². The van der Waals surface area contributed by atoms with Gasteiger partial charge in [0.1, 0.15) is 0 Å². The molecule has 2 N–H and O–H groups in total. The van der Waals surface area contributed by atoms with Gasteiger partial charge in [-0.05, 0) is 18.6 Å². The van der Waals surface area contributed by atoms with E-state index in [0.29, 0.717) is 16.1 Å². The van der Waals surface area contributed by atoms with Gasteiger partial charge in [0, 0.05) is 17.8 Å². The van der Waals surface area contributed by atoms with Crippen LogP contribution in [-0.2, 0) is 0 Å². The van der Waals surface area contributed by atoms with Gasteiger partial charge in [-0.2, -0.15) is 0 Å². The van der Waals surface area contributed by atoms with Crippen LogP contribution in [0.25, 0.3) is 0 Å². The molecule has 32 heavy (non-hydrogen) atoms. The molecule has 15 heteroatoms. The molecule has 170 valence electrons.